The van der Waals surface area contributed by atoms with E-state index in [1.165, 1.54) is 4.90 Å². The zero-order chi connectivity index (χ0) is 34.0. The first kappa shape index (κ1) is 38.7. The van der Waals surface area contributed by atoms with Crippen molar-refractivity contribution in [1.82, 2.24) is 15.1 Å². The first-order valence-corrected chi connectivity index (χ1v) is 15.7. The molecule has 1 N–H and O–H groups in total. The molecule has 0 radical (unpaired) electrons. The molecule has 0 heterocycles. The van der Waals surface area contributed by atoms with Crippen LogP contribution in [0.5, 0.6) is 0 Å². The van der Waals surface area contributed by atoms with Crippen molar-refractivity contribution in [3.63, 3.8) is 0 Å². The number of esters is 1. The third kappa shape index (κ3) is 10.7. The molecule has 0 aliphatic carbocycles. The molecule has 0 aliphatic rings. The smallest absolute Gasteiger partial charge is 0.410 e. The Morgan fingerprint density at radius 2 is 1.50 bits per heavy atom. The maximum Gasteiger partial charge on any atom is 0.410 e. The molecule has 44 heavy (non-hydrogen) atoms. The minimum atomic E-state index is -1.01. The Bertz CT molecular complexity index is 1150. The van der Waals surface area contributed by atoms with E-state index < -0.39 is 46.5 Å². The van der Waals surface area contributed by atoms with E-state index >= 15 is 0 Å². The number of ether oxygens (including phenoxy) is 2. The number of likely N-dealkylation sites (N-methyl/N-ethyl adjacent to an activating group) is 2. The van der Waals surface area contributed by atoms with E-state index in [9.17, 15) is 19.2 Å². The van der Waals surface area contributed by atoms with Crippen molar-refractivity contribution in [3.05, 3.63) is 47.5 Å². The van der Waals surface area contributed by atoms with Gasteiger partial charge in [-0.2, -0.15) is 0 Å². The second-order valence-corrected chi connectivity index (χ2v) is 13.9. The molecule has 9 heteroatoms. The number of rotatable bonds is 13. The van der Waals surface area contributed by atoms with Gasteiger partial charge in [-0.3, -0.25) is 14.5 Å². The van der Waals surface area contributed by atoms with E-state index in [1.807, 2.05) is 78.8 Å². The van der Waals surface area contributed by atoms with Crippen LogP contribution in [-0.4, -0.2) is 77.6 Å². The summed E-state index contributed by atoms with van der Waals surface area (Å²) in [7, 11) is 1.55. The SMILES string of the molecule is CCC[C@@H](/C=C(\C)C(=O)OCC)N(CC)C(=O)[C@@H](NC(=O)[C@@H](N(C)C(=O)OC(C)(C)C)C(C)(C)c1ccccc1)C(C)(C)C. The fourth-order valence-electron chi connectivity index (χ4n) is 5.27. The zero-order valence-corrected chi connectivity index (χ0v) is 29.4. The van der Waals surface area contributed by atoms with Gasteiger partial charge in [-0.25, -0.2) is 9.59 Å². The van der Waals surface area contributed by atoms with E-state index in [2.05, 4.69) is 5.32 Å². The third-order valence-electron chi connectivity index (χ3n) is 7.57. The lowest BCUT2D eigenvalue weighted by atomic mass is 9.76. The molecule has 1 aromatic rings. The highest BCUT2D eigenvalue weighted by atomic mass is 16.6. The molecule has 0 spiro atoms. The highest BCUT2D eigenvalue weighted by molar-refractivity contribution is 5.93. The largest absolute Gasteiger partial charge is 0.463 e. The van der Waals surface area contributed by atoms with Crippen molar-refractivity contribution in [2.75, 3.05) is 20.2 Å². The molecule has 0 bridgehead atoms. The van der Waals surface area contributed by atoms with Gasteiger partial charge in [-0.05, 0) is 58.9 Å². The van der Waals surface area contributed by atoms with E-state index in [0.717, 1.165) is 12.0 Å². The van der Waals surface area contributed by atoms with Crippen molar-refractivity contribution in [2.24, 2.45) is 5.41 Å². The second kappa shape index (κ2) is 16.1. The fraction of sp³-hybridized carbons (Fsp3) is 0.657. The number of hydrogen-bond acceptors (Lipinski definition) is 6. The van der Waals surface area contributed by atoms with Crippen LogP contribution < -0.4 is 5.32 Å². The minimum absolute atomic E-state index is 0.259. The number of nitrogens with one attached hydrogen (secondary N) is 1. The lowest BCUT2D eigenvalue weighted by molar-refractivity contribution is -0.142. The minimum Gasteiger partial charge on any atom is -0.463 e. The van der Waals surface area contributed by atoms with Gasteiger partial charge in [-0.15, -0.1) is 0 Å². The molecule has 9 nitrogen and oxygen atoms in total. The summed E-state index contributed by atoms with van der Waals surface area (Å²) in [6, 6.07) is 7.20. The quantitative estimate of drug-likeness (QED) is 0.208. The molecule has 0 saturated heterocycles. The Morgan fingerprint density at radius 3 is 1.95 bits per heavy atom. The predicted molar refractivity (Wildman–Crippen MR) is 175 cm³/mol. The maximum atomic E-state index is 14.4. The summed E-state index contributed by atoms with van der Waals surface area (Å²) in [6.45, 7) is 22.8. The first-order chi connectivity index (χ1) is 20.2. The lowest BCUT2D eigenvalue weighted by Gasteiger charge is -2.42. The Balaban J connectivity index is 3.63. The highest BCUT2D eigenvalue weighted by Crippen LogP contribution is 2.32. The lowest BCUT2D eigenvalue weighted by Crippen LogP contribution is -2.63. The van der Waals surface area contributed by atoms with Crippen LogP contribution in [0.1, 0.15) is 101 Å². The summed E-state index contributed by atoms with van der Waals surface area (Å²) < 4.78 is 10.8. The van der Waals surface area contributed by atoms with Crippen molar-refractivity contribution in [3.8, 4) is 0 Å². The Labute approximate surface area is 265 Å². The number of nitrogens with zero attached hydrogens (tertiary/aromatic N) is 2. The molecule has 0 aliphatic heterocycles. The van der Waals surface area contributed by atoms with Gasteiger partial charge in [0.1, 0.15) is 17.7 Å². The average molecular weight is 616 g/mol. The molecule has 0 fully saturated rings. The van der Waals surface area contributed by atoms with Gasteiger partial charge in [0.25, 0.3) is 0 Å². The van der Waals surface area contributed by atoms with Gasteiger partial charge in [0.15, 0.2) is 0 Å². The molecule has 0 unspecified atom stereocenters. The van der Waals surface area contributed by atoms with Gasteiger partial charge in [0, 0.05) is 24.6 Å². The molecule has 1 aromatic carbocycles. The van der Waals surface area contributed by atoms with Crippen molar-refractivity contribution < 1.29 is 28.7 Å². The highest BCUT2D eigenvalue weighted by Gasteiger charge is 2.46. The first-order valence-electron chi connectivity index (χ1n) is 15.7. The van der Waals surface area contributed by atoms with E-state index in [-0.39, 0.29) is 18.6 Å². The van der Waals surface area contributed by atoms with Crippen LogP contribution in [0.3, 0.4) is 0 Å². The maximum absolute atomic E-state index is 14.4. The molecule has 0 aromatic heterocycles. The summed E-state index contributed by atoms with van der Waals surface area (Å²) in [5, 5.41) is 3.05. The molecule has 3 atom stereocenters. The second-order valence-electron chi connectivity index (χ2n) is 13.9. The van der Waals surface area contributed by atoms with Crippen LogP contribution in [0.2, 0.25) is 0 Å². The molecule has 1 rings (SSSR count). The monoisotopic (exact) mass is 615 g/mol. The summed E-state index contributed by atoms with van der Waals surface area (Å²) in [4.78, 5) is 57.5. The summed E-state index contributed by atoms with van der Waals surface area (Å²) in [5.41, 5.74) is -1.01. The molecular weight excluding hydrogens is 558 g/mol. The predicted octanol–water partition coefficient (Wildman–Crippen LogP) is 6.26. The summed E-state index contributed by atoms with van der Waals surface area (Å²) >= 11 is 0. The molecular formula is C35H57N3O6. The number of hydrogen-bond donors (Lipinski definition) is 1. The number of amides is 3. The van der Waals surface area contributed by atoms with Crippen LogP contribution >= 0.6 is 0 Å². The zero-order valence-electron chi connectivity index (χ0n) is 29.4. The normalized spacial score (nSPS) is 14.6. The molecule has 3 amide bonds. The van der Waals surface area contributed by atoms with Crippen molar-refractivity contribution >= 4 is 23.9 Å². The van der Waals surface area contributed by atoms with E-state index in [4.69, 9.17) is 9.47 Å². The Kier molecular flexibility index (Phi) is 14.1. The number of carbonyl (C=O) groups excluding carboxylic acids is 4. The van der Waals surface area contributed by atoms with Crippen LogP contribution in [0.15, 0.2) is 42.0 Å². The van der Waals surface area contributed by atoms with Crippen molar-refractivity contribution in [1.29, 1.82) is 0 Å². The molecule has 0 saturated carbocycles. The van der Waals surface area contributed by atoms with Gasteiger partial charge in [0.05, 0.1) is 12.6 Å². The van der Waals surface area contributed by atoms with E-state index in [1.54, 1.807) is 52.6 Å². The number of carbonyl (C=O) groups is 4. The van der Waals surface area contributed by atoms with Gasteiger partial charge >= 0.3 is 12.1 Å². The third-order valence-corrected chi connectivity index (χ3v) is 7.57. The van der Waals surface area contributed by atoms with Crippen LogP contribution in [0.25, 0.3) is 0 Å². The topological polar surface area (TPSA) is 105 Å². The average Bonchev–Trinajstić information content (AvgIpc) is 2.91. The van der Waals surface area contributed by atoms with E-state index in [0.29, 0.717) is 18.5 Å². The number of benzene rings is 1. The van der Waals surface area contributed by atoms with Crippen LogP contribution in [0.4, 0.5) is 4.79 Å². The summed E-state index contributed by atoms with van der Waals surface area (Å²) in [5.74, 6) is -1.16. The van der Waals surface area contributed by atoms with Crippen molar-refractivity contribution in [2.45, 2.75) is 125 Å². The fourth-order valence-corrected chi connectivity index (χ4v) is 5.27. The van der Waals surface area contributed by atoms with Gasteiger partial charge in [0.2, 0.25) is 11.8 Å². The van der Waals surface area contributed by atoms with Gasteiger partial charge < -0.3 is 19.7 Å². The van der Waals surface area contributed by atoms with Crippen LogP contribution in [-0.2, 0) is 29.3 Å². The Morgan fingerprint density at radius 1 is 0.932 bits per heavy atom. The van der Waals surface area contributed by atoms with Gasteiger partial charge in [-0.1, -0.05) is 84.4 Å². The summed E-state index contributed by atoms with van der Waals surface area (Å²) in [6.07, 6.45) is 2.55. The Hall–Kier alpha value is -3.36. The van der Waals surface area contributed by atoms with Crippen LogP contribution in [0, 0.1) is 5.41 Å². The standard InChI is InChI=1S/C35H57N3O6/c1-14-20-26(23-24(4)31(41)43-16-3)38(15-2)30(40)27(33(5,6)7)36-29(39)28(37(13)32(42)44-34(8,9)10)35(11,12)25-21-18-17-19-22-25/h17-19,21-23,26-28H,14-16,20H2,1-13H3,(H,36,39)/b24-23+/t26-,27+,28+/m0/s1. The molecule has 248 valence electrons.